The van der Waals surface area contributed by atoms with Gasteiger partial charge in [0.15, 0.2) is 0 Å². The second kappa shape index (κ2) is 12.0. The van der Waals surface area contributed by atoms with Gasteiger partial charge in [0.05, 0.1) is 13.2 Å². The van der Waals surface area contributed by atoms with Crippen molar-refractivity contribution in [1.82, 2.24) is 0 Å². The first-order valence-corrected chi connectivity index (χ1v) is 11.0. The molecule has 0 unspecified atom stereocenters. The minimum Gasteiger partial charge on any atom is -0.481 e. The second-order valence-electron chi connectivity index (χ2n) is 8.33. The third kappa shape index (κ3) is 7.50. The fourth-order valence-electron chi connectivity index (χ4n) is 4.65. The Labute approximate surface area is 174 Å². The number of ether oxygens (including phenoxy) is 2. The summed E-state index contributed by atoms with van der Waals surface area (Å²) in [5, 5.41) is 19.0. The Morgan fingerprint density at radius 3 is 2.76 bits per heavy atom. The van der Waals surface area contributed by atoms with E-state index in [1.807, 2.05) is 12.2 Å². The Balaban J connectivity index is 1.95. The number of carboxylic acid groups (broad SMARTS) is 1. The predicted octanol–water partition coefficient (Wildman–Crippen LogP) is 4.86. The van der Waals surface area contributed by atoms with Crippen molar-refractivity contribution < 1.29 is 29.3 Å². The van der Waals surface area contributed by atoms with Crippen molar-refractivity contribution >= 4 is 12.1 Å². The minimum atomic E-state index is -0.743. The summed E-state index contributed by atoms with van der Waals surface area (Å²) in [5.41, 5.74) is 1.38. The third-order valence-electron chi connectivity index (χ3n) is 6.14. The van der Waals surface area contributed by atoms with Crippen LogP contribution in [0.4, 0.5) is 4.79 Å². The zero-order chi connectivity index (χ0) is 21.2. The Morgan fingerprint density at radius 1 is 1.28 bits per heavy atom. The van der Waals surface area contributed by atoms with Crippen LogP contribution in [0.15, 0.2) is 23.8 Å². The van der Waals surface area contributed by atoms with Crippen molar-refractivity contribution in [2.45, 2.75) is 83.3 Å². The molecule has 6 nitrogen and oxygen atoms in total. The smallest absolute Gasteiger partial charge is 0.481 e. The molecular weight excluding hydrogens is 372 g/mol. The molecule has 2 aliphatic carbocycles. The molecule has 0 aromatic carbocycles. The van der Waals surface area contributed by atoms with Crippen LogP contribution < -0.4 is 0 Å². The number of rotatable bonds is 12. The molecule has 29 heavy (non-hydrogen) atoms. The molecule has 0 amide bonds. The Morgan fingerprint density at radius 2 is 2.07 bits per heavy atom. The summed E-state index contributed by atoms with van der Waals surface area (Å²) < 4.78 is 10.2. The van der Waals surface area contributed by atoms with Crippen LogP contribution >= 0.6 is 0 Å². The third-order valence-corrected chi connectivity index (χ3v) is 6.14. The summed E-state index contributed by atoms with van der Waals surface area (Å²) in [4.78, 5) is 22.3. The van der Waals surface area contributed by atoms with Gasteiger partial charge in [0.1, 0.15) is 6.10 Å². The van der Waals surface area contributed by atoms with Crippen LogP contribution in [0.2, 0.25) is 0 Å². The number of carbonyl (C=O) groups is 2. The number of unbranched alkanes of at least 4 members (excludes halogenated alkanes) is 3. The summed E-state index contributed by atoms with van der Waals surface area (Å²) >= 11 is 0. The number of hydrogen-bond acceptors (Lipinski definition) is 5. The molecule has 2 rings (SSSR count). The number of aliphatic hydroxyl groups excluding tert-OH is 1. The molecule has 0 heterocycles. The molecule has 5 atom stereocenters. The highest BCUT2D eigenvalue weighted by Crippen LogP contribution is 2.49. The molecule has 6 heteroatoms. The monoisotopic (exact) mass is 408 g/mol. The van der Waals surface area contributed by atoms with Gasteiger partial charge in [0.2, 0.25) is 0 Å². The van der Waals surface area contributed by atoms with Crippen LogP contribution in [0.1, 0.15) is 71.1 Å². The van der Waals surface area contributed by atoms with E-state index < -0.39 is 18.2 Å². The summed E-state index contributed by atoms with van der Waals surface area (Å²) in [6, 6.07) is 0. The molecule has 0 bridgehead atoms. The molecular formula is C23H36O6. The van der Waals surface area contributed by atoms with Crippen molar-refractivity contribution in [3.05, 3.63) is 23.8 Å². The average molecular weight is 409 g/mol. The number of carbonyl (C=O) groups excluding carboxylic acids is 1. The molecule has 0 aromatic heterocycles. The van der Waals surface area contributed by atoms with Crippen molar-refractivity contribution in [3.63, 3.8) is 0 Å². The number of carboxylic acids is 1. The Hall–Kier alpha value is -1.82. The summed E-state index contributed by atoms with van der Waals surface area (Å²) in [5.74, 6) is 0.0321. The number of hydrogen-bond donors (Lipinski definition) is 2. The van der Waals surface area contributed by atoms with E-state index in [2.05, 4.69) is 17.7 Å². The highest BCUT2D eigenvalue weighted by molar-refractivity contribution is 5.66. The maximum Gasteiger partial charge on any atom is 0.508 e. The lowest BCUT2D eigenvalue weighted by molar-refractivity contribution is -0.137. The SMILES string of the molecule is CCCCC[C@H](O)/C=C/[C@@H]1[C@H]2CC(CCCCC(=O)O)=C[C@H]2C[C@H]1OC(=O)OC. The van der Waals surface area contributed by atoms with Crippen molar-refractivity contribution in [1.29, 1.82) is 0 Å². The van der Waals surface area contributed by atoms with Crippen LogP contribution in [0.25, 0.3) is 0 Å². The molecule has 2 N–H and O–H groups in total. The summed E-state index contributed by atoms with van der Waals surface area (Å²) in [6.07, 6.45) is 13.3. The number of aliphatic carboxylic acids is 1. The fourth-order valence-corrected chi connectivity index (χ4v) is 4.65. The van der Waals surface area contributed by atoms with Gasteiger partial charge in [-0.05, 0) is 50.4 Å². The van der Waals surface area contributed by atoms with Gasteiger partial charge < -0.3 is 19.7 Å². The standard InChI is InChI=1S/C23H36O6/c1-3-4-5-9-18(24)11-12-19-20-14-16(8-6-7-10-22(25)26)13-17(20)15-21(19)29-23(27)28-2/h11-13,17-21,24H,3-10,14-15H2,1-2H3,(H,25,26)/b12-11+/t17-,18-,19+,20-,21+/m0/s1. The lowest BCUT2D eigenvalue weighted by Gasteiger charge is -2.22. The molecule has 0 aromatic rings. The maximum atomic E-state index is 11.7. The average Bonchev–Trinajstić information content (AvgIpc) is 3.20. The topological polar surface area (TPSA) is 93.1 Å². The van der Waals surface area contributed by atoms with Crippen LogP contribution in [-0.4, -0.2) is 41.7 Å². The van der Waals surface area contributed by atoms with Crippen LogP contribution in [0, 0.1) is 17.8 Å². The molecule has 0 saturated heterocycles. The lowest BCUT2D eigenvalue weighted by Crippen LogP contribution is -2.24. The molecule has 2 aliphatic rings. The molecule has 1 fully saturated rings. The quantitative estimate of drug-likeness (QED) is 0.272. The van der Waals surface area contributed by atoms with E-state index in [0.29, 0.717) is 18.3 Å². The summed E-state index contributed by atoms with van der Waals surface area (Å²) in [7, 11) is 1.32. The lowest BCUT2D eigenvalue weighted by atomic mass is 9.88. The molecule has 0 radical (unpaired) electrons. The van der Waals surface area contributed by atoms with Crippen LogP contribution in [0.3, 0.4) is 0 Å². The zero-order valence-electron chi connectivity index (χ0n) is 17.7. The van der Waals surface area contributed by atoms with E-state index in [-0.39, 0.29) is 18.4 Å². The fraction of sp³-hybridized carbons (Fsp3) is 0.739. The summed E-state index contributed by atoms with van der Waals surface area (Å²) in [6.45, 7) is 2.14. The van der Waals surface area contributed by atoms with E-state index in [4.69, 9.17) is 9.84 Å². The highest BCUT2D eigenvalue weighted by atomic mass is 16.7. The number of fused-ring (bicyclic) bond motifs is 1. The van der Waals surface area contributed by atoms with E-state index >= 15 is 0 Å². The van der Waals surface area contributed by atoms with E-state index in [1.165, 1.54) is 12.7 Å². The zero-order valence-corrected chi connectivity index (χ0v) is 17.7. The van der Waals surface area contributed by atoms with Crippen LogP contribution in [0.5, 0.6) is 0 Å². The molecule has 164 valence electrons. The maximum absolute atomic E-state index is 11.7. The second-order valence-corrected chi connectivity index (χ2v) is 8.33. The highest BCUT2D eigenvalue weighted by Gasteiger charge is 2.46. The number of aliphatic hydroxyl groups is 1. The van der Waals surface area contributed by atoms with E-state index in [9.17, 15) is 14.7 Å². The van der Waals surface area contributed by atoms with Gasteiger partial charge >= 0.3 is 12.1 Å². The molecule has 0 aliphatic heterocycles. The van der Waals surface area contributed by atoms with Gasteiger partial charge in [-0.1, -0.05) is 50.0 Å². The van der Waals surface area contributed by atoms with Gasteiger partial charge in [-0.15, -0.1) is 0 Å². The van der Waals surface area contributed by atoms with Gasteiger partial charge in [0.25, 0.3) is 0 Å². The Bertz CT molecular complexity index is 596. The van der Waals surface area contributed by atoms with Crippen molar-refractivity contribution in [2.75, 3.05) is 7.11 Å². The molecule has 1 saturated carbocycles. The largest absolute Gasteiger partial charge is 0.508 e. The van der Waals surface area contributed by atoms with Crippen molar-refractivity contribution in [3.8, 4) is 0 Å². The first-order valence-electron chi connectivity index (χ1n) is 11.0. The Kier molecular flexibility index (Phi) is 9.71. The van der Waals surface area contributed by atoms with Gasteiger partial charge in [0, 0.05) is 12.3 Å². The first kappa shape index (κ1) is 23.5. The number of allylic oxidation sites excluding steroid dienone is 2. The minimum absolute atomic E-state index is 0.0627. The van der Waals surface area contributed by atoms with Gasteiger partial charge in [-0.2, -0.15) is 0 Å². The predicted molar refractivity (Wildman–Crippen MR) is 110 cm³/mol. The van der Waals surface area contributed by atoms with Gasteiger partial charge in [-0.3, -0.25) is 4.79 Å². The van der Waals surface area contributed by atoms with E-state index in [1.54, 1.807) is 0 Å². The van der Waals surface area contributed by atoms with Crippen LogP contribution in [-0.2, 0) is 14.3 Å². The molecule has 0 spiro atoms. The van der Waals surface area contributed by atoms with Crippen molar-refractivity contribution in [2.24, 2.45) is 17.8 Å². The number of methoxy groups -OCH3 is 1. The first-order chi connectivity index (χ1) is 13.9. The van der Waals surface area contributed by atoms with E-state index in [0.717, 1.165) is 51.4 Å². The normalized spacial score (nSPS) is 26.9. The van der Waals surface area contributed by atoms with Gasteiger partial charge in [-0.25, -0.2) is 4.79 Å².